The summed E-state index contributed by atoms with van der Waals surface area (Å²) >= 11 is 0. The maximum absolute atomic E-state index is 13.7. The van der Waals surface area contributed by atoms with Crippen molar-refractivity contribution in [1.82, 2.24) is 10.2 Å². The average molecular weight is 322 g/mol. The van der Waals surface area contributed by atoms with Crippen molar-refractivity contribution in [3.8, 4) is 0 Å². The molecule has 1 aliphatic heterocycles. The van der Waals surface area contributed by atoms with Gasteiger partial charge in [-0.25, -0.2) is 4.39 Å². The summed E-state index contributed by atoms with van der Waals surface area (Å²) in [6.07, 6.45) is 4.12. The summed E-state index contributed by atoms with van der Waals surface area (Å²) < 4.78 is 13.7. The quantitative estimate of drug-likeness (QED) is 0.722. The van der Waals surface area contributed by atoms with Crippen LogP contribution in [0.15, 0.2) is 24.3 Å². The maximum Gasteiger partial charge on any atom is 0.227 e. The number of carbonyl (C=O) groups excluding carboxylic acids is 1. The van der Waals surface area contributed by atoms with Crippen LogP contribution in [-0.2, 0) is 4.79 Å². The zero-order chi connectivity index (χ0) is 16.7. The number of carbonyl (C=O) groups is 1. The van der Waals surface area contributed by atoms with Crippen molar-refractivity contribution < 1.29 is 14.3 Å². The molecule has 0 bridgehead atoms. The lowest BCUT2D eigenvalue weighted by molar-refractivity contribution is -0.122. The largest absolute Gasteiger partial charge is 0.395 e. The van der Waals surface area contributed by atoms with E-state index < -0.39 is 5.92 Å². The first kappa shape index (κ1) is 17.9. The van der Waals surface area contributed by atoms with Gasteiger partial charge in [-0.1, -0.05) is 18.2 Å². The van der Waals surface area contributed by atoms with Crippen LogP contribution in [0.4, 0.5) is 4.39 Å². The van der Waals surface area contributed by atoms with Gasteiger partial charge in [-0.15, -0.1) is 0 Å². The summed E-state index contributed by atoms with van der Waals surface area (Å²) in [5, 5.41) is 12.2. The van der Waals surface area contributed by atoms with Crippen LogP contribution in [0.3, 0.4) is 0 Å². The van der Waals surface area contributed by atoms with E-state index in [2.05, 4.69) is 10.2 Å². The number of nitrogens with zero attached hydrogens (tertiary/aromatic N) is 1. The Morgan fingerprint density at radius 3 is 2.96 bits per heavy atom. The van der Waals surface area contributed by atoms with Gasteiger partial charge in [-0.05, 0) is 57.3 Å². The number of hydrogen-bond acceptors (Lipinski definition) is 3. The molecule has 0 aromatic heterocycles. The minimum absolute atomic E-state index is 0.135. The number of amides is 1. The minimum atomic E-state index is -0.478. The number of aliphatic hydroxyl groups is 1. The molecule has 2 atom stereocenters. The molecule has 5 heteroatoms. The third kappa shape index (κ3) is 5.01. The van der Waals surface area contributed by atoms with Crippen LogP contribution >= 0.6 is 0 Å². The van der Waals surface area contributed by atoms with E-state index in [1.807, 2.05) is 0 Å². The molecule has 1 aromatic carbocycles. The van der Waals surface area contributed by atoms with E-state index in [1.54, 1.807) is 25.1 Å². The van der Waals surface area contributed by atoms with Crippen molar-refractivity contribution >= 4 is 5.91 Å². The lowest BCUT2D eigenvalue weighted by Gasteiger charge is -2.22. The first-order valence-corrected chi connectivity index (χ1v) is 8.50. The molecule has 4 nitrogen and oxygen atoms in total. The Balaban J connectivity index is 1.66. The number of aliphatic hydroxyl groups excluding tert-OH is 1. The van der Waals surface area contributed by atoms with Crippen LogP contribution < -0.4 is 5.32 Å². The first-order valence-electron chi connectivity index (χ1n) is 8.50. The molecule has 2 N–H and O–H groups in total. The summed E-state index contributed by atoms with van der Waals surface area (Å²) in [6, 6.07) is 6.72. The van der Waals surface area contributed by atoms with Gasteiger partial charge in [-0.2, -0.15) is 0 Å². The van der Waals surface area contributed by atoms with Crippen molar-refractivity contribution in [3.63, 3.8) is 0 Å². The van der Waals surface area contributed by atoms with Gasteiger partial charge in [0.05, 0.1) is 12.5 Å². The molecular formula is C18H27FN2O2. The highest BCUT2D eigenvalue weighted by Crippen LogP contribution is 2.19. The number of benzene rings is 1. The van der Waals surface area contributed by atoms with Gasteiger partial charge >= 0.3 is 0 Å². The fourth-order valence-electron chi connectivity index (χ4n) is 3.17. The van der Waals surface area contributed by atoms with Crippen LogP contribution in [0, 0.1) is 5.82 Å². The van der Waals surface area contributed by atoms with Gasteiger partial charge in [0.2, 0.25) is 5.91 Å². The standard InChI is InChI=1S/C18H27FN2O2/c1-14(16-8-2-3-9-17(16)19)18(23)20-10-4-5-11-21-12-6-7-15(21)13-22/h2-3,8-9,14-15,22H,4-7,10-13H2,1H3,(H,20,23). The average Bonchev–Trinajstić information content (AvgIpc) is 3.01. The number of nitrogens with one attached hydrogen (secondary N) is 1. The smallest absolute Gasteiger partial charge is 0.227 e. The molecule has 128 valence electrons. The number of halogens is 1. The summed E-state index contributed by atoms with van der Waals surface area (Å²) in [7, 11) is 0. The molecule has 1 heterocycles. The summed E-state index contributed by atoms with van der Waals surface area (Å²) in [6.45, 7) is 4.59. The molecule has 23 heavy (non-hydrogen) atoms. The number of rotatable bonds is 8. The lowest BCUT2D eigenvalue weighted by atomic mass is 10.00. The van der Waals surface area contributed by atoms with Crippen molar-refractivity contribution in [2.45, 2.75) is 44.6 Å². The van der Waals surface area contributed by atoms with Gasteiger partial charge in [0.15, 0.2) is 0 Å². The topological polar surface area (TPSA) is 52.6 Å². The van der Waals surface area contributed by atoms with Crippen molar-refractivity contribution in [2.24, 2.45) is 0 Å². The van der Waals surface area contributed by atoms with Crippen LogP contribution in [-0.4, -0.2) is 48.2 Å². The third-order valence-corrected chi connectivity index (χ3v) is 4.65. The highest BCUT2D eigenvalue weighted by molar-refractivity contribution is 5.83. The molecule has 1 amide bonds. The van der Waals surface area contributed by atoms with Gasteiger partial charge in [-0.3, -0.25) is 9.69 Å². The normalized spacial score (nSPS) is 19.7. The van der Waals surface area contributed by atoms with E-state index >= 15 is 0 Å². The summed E-state index contributed by atoms with van der Waals surface area (Å²) in [5.74, 6) is -0.947. The highest BCUT2D eigenvalue weighted by Gasteiger charge is 2.22. The fraction of sp³-hybridized carbons (Fsp3) is 0.611. The molecular weight excluding hydrogens is 295 g/mol. The van der Waals surface area contributed by atoms with Crippen LogP contribution in [0.25, 0.3) is 0 Å². The molecule has 0 spiro atoms. The van der Waals surface area contributed by atoms with Crippen LogP contribution in [0.5, 0.6) is 0 Å². The molecule has 2 unspecified atom stereocenters. The Kier molecular flexibility index (Phi) is 6.99. The molecule has 0 radical (unpaired) electrons. The van der Waals surface area contributed by atoms with Crippen molar-refractivity contribution in [1.29, 1.82) is 0 Å². The van der Waals surface area contributed by atoms with Crippen molar-refractivity contribution in [2.75, 3.05) is 26.2 Å². The molecule has 1 fully saturated rings. The van der Waals surface area contributed by atoms with E-state index in [9.17, 15) is 14.3 Å². The number of likely N-dealkylation sites (tertiary alicyclic amines) is 1. The molecule has 1 saturated heterocycles. The van der Waals surface area contributed by atoms with E-state index in [1.165, 1.54) is 6.07 Å². The molecule has 0 saturated carbocycles. The number of unbranched alkanes of at least 4 members (excludes halogenated alkanes) is 1. The summed E-state index contributed by atoms with van der Waals surface area (Å²) in [4.78, 5) is 14.4. The summed E-state index contributed by atoms with van der Waals surface area (Å²) in [5.41, 5.74) is 0.438. The zero-order valence-corrected chi connectivity index (χ0v) is 13.8. The molecule has 1 aromatic rings. The molecule has 1 aliphatic rings. The fourth-order valence-corrected chi connectivity index (χ4v) is 3.17. The van der Waals surface area contributed by atoms with E-state index in [4.69, 9.17) is 0 Å². The Morgan fingerprint density at radius 1 is 1.43 bits per heavy atom. The van der Waals surface area contributed by atoms with Gasteiger partial charge in [0, 0.05) is 12.6 Å². The second-order valence-corrected chi connectivity index (χ2v) is 6.26. The Labute approximate surface area is 137 Å². The number of hydrogen-bond donors (Lipinski definition) is 2. The second kappa shape index (κ2) is 8.99. The van der Waals surface area contributed by atoms with Gasteiger partial charge < -0.3 is 10.4 Å². The van der Waals surface area contributed by atoms with E-state index in [-0.39, 0.29) is 18.3 Å². The zero-order valence-electron chi connectivity index (χ0n) is 13.8. The van der Waals surface area contributed by atoms with Crippen molar-refractivity contribution in [3.05, 3.63) is 35.6 Å². The van der Waals surface area contributed by atoms with Crippen LogP contribution in [0.2, 0.25) is 0 Å². The predicted octanol–water partition coefficient (Wildman–Crippen LogP) is 2.28. The minimum Gasteiger partial charge on any atom is -0.395 e. The second-order valence-electron chi connectivity index (χ2n) is 6.26. The Morgan fingerprint density at radius 2 is 2.22 bits per heavy atom. The molecule has 2 rings (SSSR count). The van der Waals surface area contributed by atoms with E-state index in [0.717, 1.165) is 38.8 Å². The van der Waals surface area contributed by atoms with Gasteiger partial charge in [0.1, 0.15) is 5.82 Å². The Bertz CT molecular complexity index is 510. The Hall–Kier alpha value is -1.46. The molecule has 0 aliphatic carbocycles. The SMILES string of the molecule is CC(C(=O)NCCCCN1CCCC1CO)c1ccccc1F. The van der Waals surface area contributed by atoms with Crippen LogP contribution in [0.1, 0.15) is 44.1 Å². The van der Waals surface area contributed by atoms with Gasteiger partial charge in [0.25, 0.3) is 0 Å². The maximum atomic E-state index is 13.7. The monoisotopic (exact) mass is 322 g/mol. The third-order valence-electron chi connectivity index (χ3n) is 4.65. The predicted molar refractivity (Wildman–Crippen MR) is 88.7 cm³/mol. The highest BCUT2D eigenvalue weighted by atomic mass is 19.1. The lowest BCUT2D eigenvalue weighted by Crippen LogP contribution is -2.34. The first-order chi connectivity index (χ1) is 11.1. The van der Waals surface area contributed by atoms with E-state index in [0.29, 0.717) is 18.2 Å².